The van der Waals surface area contributed by atoms with Crippen LogP contribution in [-0.2, 0) is 24.0 Å². The second kappa shape index (κ2) is 15.4. The lowest BCUT2D eigenvalue weighted by Crippen LogP contribution is -2.57. The Balaban J connectivity index is 5.28. The van der Waals surface area contributed by atoms with Crippen LogP contribution in [0.25, 0.3) is 0 Å². The van der Waals surface area contributed by atoms with Crippen LogP contribution in [-0.4, -0.2) is 71.2 Å². The van der Waals surface area contributed by atoms with Gasteiger partial charge in [0.05, 0.1) is 12.5 Å². The Morgan fingerprint density at radius 1 is 0.906 bits per heavy atom. The quantitative estimate of drug-likeness (QED) is 0.0902. The highest BCUT2D eigenvalue weighted by atomic mass is 32.1. The molecule has 0 aromatic carbocycles. The van der Waals surface area contributed by atoms with Gasteiger partial charge in [0.15, 0.2) is 0 Å². The Hall–Kier alpha value is -2.38. The van der Waals surface area contributed by atoms with Gasteiger partial charge in [0.2, 0.25) is 23.6 Å². The summed E-state index contributed by atoms with van der Waals surface area (Å²) in [6.07, 6.45) is 1.03. The van der Waals surface area contributed by atoms with Gasteiger partial charge in [-0.05, 0) is 38.1 Å². The molecule has 0 bridgehead atoms. The molecule has 184 valence electrons. The summed E-state index contributed by atoms with van der Waals surface area (Å²) < 4.78 is 0. The molecule has 4 unspecified atom stereocenters. The van der Waals surface area contributed by atoms with Crippen LogP contribution in [0.1, 0.15) is 46.0 Å². The summed E-state index contributed by atoms with van der Waals surface area (Å²) in [4.78, 5) is 59.9. The molecule has 0 radical (unpaired) electrons. The van der Waals surface area contributed by atoms with Crippen LogP contribution >= 0.6 is 12.6 Å². The minimum atomic E-state index is -1.54. The van der Waals surface area contributed by atoms with Crippen LogP contribution in [0.2, 0.25) is 0 Å². The maximum Gasteiger partial charge on any atom is 0.326 e. The Bertz CT molecular complexity index is 662. The Morgan fingerprint density at radius 3 is 1.91 bits per heavy atom. The lowest BCUT2D eigenvalue weighted by atomic mass is 10.0. The number of unbranched alkanes of at least 4 members (excludes halogenated alkanes) is 1. The van der Waals surface area contributed by atoms with Gasteiger partial charge in [-0.3, -0.25) is 19.2 Å². The number of primary amides is 1. The van der Waals surface area contributed by atoms with Crippen molar-refractivity contribution in [3.63, 3.8) is 0 Å². The van der Waals surface area contributed by atoms with Crippen LogP contribution in [0.5, 0.6) is 0 Å². The lowest BCUT2D eigenvalue weighted by molar-refractivity contribution is -0.143. The number of hydrogen-bond donors (Lipinski definition) is 8. The molecule has 0 aromatic rings. The van der Waals surface area contributed by atoms with Crippen molar-refractivity contribution in [2.75, 3.05) is 12.3 Å². The second-order valence-corrected chi connectivity index (χ2v) is 8.26. The van der Waals surface area contributed by atoms with E-state index in [1.54, 1.807) is 0 Å². The van der Waals surface area contributed by atoms with Gasteiger partial charge in [0.1, 0.15) is 18.1 Å². The van der Waals surface area contributed by atoms with Gasteiger partial charge in [-0.2, -0.15) is 12.6 Å². The molecule has 4 atom stereocenters. The number of carbonyl (C=O) groups is 5. The molecule has 32 heavy (non-hydrogen) atoms. The van der Waals surface area contributed by atoms with Crippen molar-refractivity contribution < 1.29 is 29.1 Å². The molecule has 0 fully saturated rings. The molecule has 0 aliphatic rings. The maximum atomic E-state index is 12.7. The standard InChI is InChI=1S/C19H36N6O6S/c1-10(2)7-11(21)16(27)25-14(9-32)18(29)23-12(5-3-4-6-20)17(28)24-13(19(30)31)8-15(22)26/h10-14,32H,3-9,20-21H2,1-2H3,(H2,22,26)(H,23,29)(H,24,28)(H,25,27)(H,30,31). The van der Waals surface area contributed by atoms with E-state index in [1.165, 1.54) is 0 Å². The third-order valence-electron chi connectivity index (χ3n) is 4.48. The number of hydrogen-bond acceptors (Lipinski definition) is 8. The van der Waals surface area contributed by atoms with E-state index < -0.39 is 60.2 Å². The lowest BCUT2D eigenvalue weighted by Gasteiger charge is -2.24. The largest absolute Gasteiger partial charge is 0.480 e. The zero-order chi connectivity index (χ0) is 24.8. The molecule has 0 heterocycles. The predicted octanol–water partition coefficient (Wildman–Crippen LogP) is -2.17. The van der Waals surface area contributed by atoms with Crippen molar-refractivity contribution in [3.05, 3.63) is 0 Å². The van der Waals surface area contributed by atoms with Gasteiger partial charge in [0, 0.05) is 5.75 Å². The van der Waals surface area contributed by atoms with E-state index in [2.05, 4.69) is 28.6 Å². The molecule has 0 saturated heterocycles. The van der Waals surface area contributed by atoms with Gasteiger partial charge < -0.3 is 38.3 Å². The van der Waals surface area contributed by atoms with Gasteiger partial charge in [-0.1, -0.05) is 13.8 Å². The van der Waals surface area contributed by atoms with E-state index in [1.807, 2.05) is 13.8 Å². The molecule has 0 saturated carbocycles. The summed E-state index contributed by atoms with van der Waals surface area (Å²) >= 11 is 4.09. The molecule has 0 aromatic heterocycles. The molecule has 12 nitrogen and oxygen atoms in total. The first-order valence-corrected chi connectivity index (χ1v) is 11.0. The fraction of sp³-hybridized carbons (Fsp3) is 0.737. The highest BCUT2D eigenvalue weighted by Crippen LogP contribution is 2.06. The summed E-state index contributed by atoms with van der Waals surface area (Å²) in [6, 6.07) is -4.52. The normalized spacial score (nSPS) is 14.7. The number of carbonyl (C=O) groups excluding carboxylic acids is 4. The summed E-state index contributed by atoms with van der Waals surface area (Å²) in [5.74, 6) is -4.23. The van der Waals surface area contributed by atoms with Crippen LogP contribution in [0.15, 0.2) is 0 Å². The minimum absolute atomic E-state index is 0.0530. The molecule has 0 aliphatic carbocycles. The van der Waals surface area contributed by atoms with Crippen molar-refractivity contribution >= 4 is 42.2 Å². The van der Waals surface area contributed by atoms with Crippen molar-refractivity contribution in [2.45, 2.75) is 70.1 Å². The third kappa shape index (κ3) is 11.9. The number of thiol groups is 1. The average molecular weight is 477 g/mol. The molecular formula is C19H36N6O6S. The topological polar surface area (TPSA) is 220 Å². The smallest absolute Gasteiger partial charge is 0.326 e. The van der Waals surface area contributed by atoms with Gasteiger partial charge >= 0.3 is 5.97 Å². The van der Waals surface area contributed by atoms with E-state index in [-0.39, 0.29) is 18.1 Å². The van der Waals surface area contributed by atoms with Gasteiger partial charge in [-0.15, -0.1) is 0 Å². The molecule has 10 N–H and O–H groups in total. The first-order chi connectivity index (χ1) is 14.9. The molecule has 0 spiro atoms. The third-order valence-corrected chi connectivity index (χ3v) is 4.84. The van der Waals surface area contributed by atoms with E-state index in [0.717, 1.165) is 0 Å². The van der Waals surface area contributed by atoms with Crippen molar-refractivity contribution in [3.8, 4) is 0 Å². The predicted molar refractivity (Wildman–Crippen MR) is 121 cm³/mol. The number of aliphatic carboxylic acids is 1. The molecule has 13 heteroatoms. The Morgan fingerprint density at radius 2 is 1.44 bits per heavy atom. The SMILES string of the molecule is CC(C)CC(N)C(=O)NC(CS)C(=O)NC(CCCCN)C(=O)NC(CC(N)=O)C(=O)O. The number of carboxylic acids is 1. The van der Waals surface area contributed by atoms with E-state index >= 15 is 0 Å². The summed E-state index contributed by atoms with van der Waals surface area (Å²) in [6.45, 7) is 4.18. The maximum absolute atomic E-state index is 12.7. The fourth-order valence-corrected chi connectivity index (χ4v) is 3.05. The number of amides is 4. The van der Waals surface area contributed by atoms with E-state index in [0.29, 0.717) is 25.8 Å². The first-order valence-electron chi connectivity index (χ1n) is 10.4. The van der Waals surface area contributed by atoms with Crippen molar-refractivity contribution in [1.29, 1.82) is 0 Å². The Kier molecular flexibility index (Phi) is 14.3. The highest BCUT2D eigenvalue weighted by molar-refractivity contribution is 7.80. The van der Waals surface area contributed by atoms with Crippen molar-refractivity contribution in [2.24, 2.45) is 23.1 Å². The summed E-state index contributed by atoms with van der Waals surface area (Å²) in [5.41, 5.74) is 16.3. The molecule has 0 aliphatic heterocycles. The number of rotatable bonds is 16. The second-order valence-electron chi connectivity index (χ2n) is 7.90. The molecule has 4 amide bonds. The zero-order valence-corrected chi connectivity index (χ0v) is 19.4. The monoisotopic (exact) mass is 476 g/mol. The van der Waals surface area contributed by atoms with Crippen LogP contribution < -0.4 is 33.2 Å². The van der Waals surface area contributed by atoms with Crippen LogP contribution in [0.3, 0.4) is 0 Å². The van der Waals surface area contributed by atoms with Crippen LogP contribution in [0, 0.1) is 5.92 Å². The van der Waals surface area contributed by atoms with Gasteiger partial charge in [-0.25, -0.2) is 4.79 Å². The summed E-state index contributed by atoms with van der Waals surface area (Å²) in [7, 11) is 0. The molecular weight excluding hydrogens is 440 g/mol. The average Bonchev–Trinajstić information content (AvgIpc) is 2.69. The highest BCUT2D eigenvalue weighted by Gasteiger charge is 2.30. The van der Waals surface area contributed by atoms with Gasteiger partial charge in [0.25, 0.3) is 0 Å². The first kappa shape index (κ1) is 29.6. The minimum Gasteiger partial charge on any atom is -0.480 e. The van der Waals surface area contributed by atoms with Crippen molar-refractivity contribution in [1.82, 2.24) is 16.0 Å². The van der Waals surface area contributed by atoms with E-state index in [9.17, 15) is 29.1 Å². The molecule has 0 rings (SSSR count). The number of nitrogens with two attached hydrogens (primary N) is 3. The Labute approximate surface area is 193 Å². The fourth-order valence-electron chi connectivity index (χ4n) is 2.80. The number of nitrogens with one attached hydrogen (secondary N) is 3. The van der Waals surface area contributed by atoms with E-state index in [4.69, 9.17) is 17.2 Å². The zero-order valence-electron chi connectivity index (χ0n) is 18.5. The van der Waals surface area contributed by atoms with Crippen LogP contribution in [0.4, 0.5) is 0 Å². The number of carboxylic acid groups (broad SMARTS) is 1. The summed E-state index contributed by atoms with van der Waals surface area (Å²) in [5, 5.41) is 16.4.